The Bertz CT molecular complexity index is 363. The average molecular weight is 236 g/mol. The first-order valence-electron chi connectivity index (χ1n) is 6.16. The van der Waals surface area contributed by atoms with E-state index in [1.165, 1.54) is 0 Å². The molecular formula is C12H20N4O. The van der Waals surface area contributed by atoms with E-state index in [2.05, 4.69) is 10.2 Å². The number of nitrogens with two attached hydrogens (primary N) is 1. The minimum absolute atomic E-state index is 0.000603. The summed E-state index contributed by atoms with van der Waals surface area (Å²) in [6, 6.07) is 0.0306. The second-order valence-corrected chi connectivity index (χ2v) is 4.86. The molecule has 2 unspecified atom stereocenters. The highest BCUT2D eigenvalue weighted by atomic mass is 16.2. The highest BCUT2D eigenvalue weighted by molar-refractivity contribution is 5.79. The van der Waals surface area contributed by atoms with Gasteiger partial charge in [-0.25, -0.2) is 0 Å². The van der Waals surface area contributed by atoms with Crippen molar-refractivity contribution >= 4 is 5.91 Å². The average Bonchev–Trinajstić information content (AvgIpc) is 2.81. The lowest BCUT2D eigenvalue weighted by Crippen LogP contribution is -2.44. The summed E-state index contributed by atoms with van der Waals surface area (Å²) in [5.41, 5.74) is 7.04. The van der Waals surface area contributed by atoms with Crippen LogP contribution in [0.3, 0.4) is 0 Å². The predicted molar refractivity (Wildman–Crippen MR) is 65.0 cm³/mol. The summed E-state index contributed by atoms with van der Waals surface area (Å²) in [6.45, 7) is 0.596. The summed E-state index contributed by atoms with van der Waals surface area (Å²) in [7, 11) is 1.83. The van der Waals surface area contributed by atoms with E-state index in [-0.39, 0.29) is 17.9 Å². The smallest absolute Gasteiger partial charge is 0.227 e. The van der Waals surface area contributed by atoms with Crippen molar-refractivity contribution in [3.63, 3.8) is 0 Å². The standard InChI is InChI=1S/C12H20N4O/c1-16(8-9-6-14-15-7-9)12(17)10-4-2-3-5-11(10)13/h6-7,10-11H,2-5,8,13H2,1H3,(H,14,15). The number of aromatic nitrogens is 2. The van der Waals surface area contributed by atoms with Gasteiger partial charge in [0.25, 0.3) is 0 Å². The molecule has 0 spiro atoms. The van der Waals surface area contributed by atoms with E-state index < -0.39 is 0 Å². The molecule has 0 radical (unpaired) electrons. The molecule has 0 saturated heterocycles. The van der Waals surface area contributed by atoms with Gasteiger partial charge in [0, 0.05) is 31.4 Å². The van der Waals surface area contributed by atoms with Crippen molar-refractivity contribution in [1.29, 1.82) is 0 Å². The molecule has 1 aromatic heterocycles. The molecule has 0 aromatic carbocycles. The highest BCUT2D eigenvalue weighted by Crippen LogP contribution is 2.24. The summed E-state index contributed by atoms with van der Waals surface area (Å²) in [4.78, 5) is 14.0. The fraction of sp³-hybridized carbons (Fsp3) is 0.667. The van der Waals surface area contributed by atoms with Crippen LogP contribution in [0, 0.1) is 5.92 Å². The maximum absolute atomic E-state index is 12.3. The zero-order valence-corrected chi connectivity index (χ0v) is 10.2. The fourth-order valence-electron chi connectivity index (χ4n) is 2.47. The van der Waals surface area contributed by atoms with Gasteiger partial charge in [-0.3, -0.25) is 9.89 Å². The topological polar surface area (TPSA) is 75.0 Å². The van der Waals surface area contributed by atoms with Crippen LogP contribution in [-0.2, 0) is 11.3 Å². The van der Waals surface area contributed by atoms with Crippen LogP contribution >= 0.6 is 0 Å². The molecule has 1 amide bonds. The third kappa shape index (κ3) is 2.85. The maximum atomic E-state index is 12.3. The summed E-state index contributed by atoms with van der Waals surface area (Å²) >= 11 is 0. The number of rotatable bonds is 3. The molecule has 5 nitrogen and oxygen atoms in total. The molecule has 17 heavy (non-hydrogen) atoms. The number of amides is 1. The molecule has 2 atom stereocenters. The Morgan fingerprint density at radius 1 is 1.59 bits per heavy atom. The van der Waals surface area contributed by atoms with Crippen LogP contribution in [0.25, 0.3) is 0 Å². The molecule has 3 N–H and O–H groups in total. The van der Waals surface area contributed by atoms with Gasteiger partial charge < -0.3 is 10.6 Å². The highest BCUT2D eigenvalue weighted by Gasteiger charge is 2.30. The summed E-state index contributed by atoms with van der Waals surface area (Å²) in [6.07, 6.45) is 7.71. The van der Waals surface area contributed by atoms with Gasteiger partial charge in [0.1, 0.15) is 0 Å². The van der Waals surface area contributed by atoms with Gasteiger partial charge in [-0.05, 0) is 12.8 Å². The van der Waals surface area contributed by atoms with Crippen molar-refractivity contribution in [2.24, 2.45) is 11.7 Å². The van der Waals surface area contributed by atoms with E-state index in [1.54, 1.807) is 11.1 Å². The van der Waals surface area contributed by atoms with E-state index in [9.17, 15) is 4.79 Å². The third-order valence-electron chi connectivity index (χ3n) is 3.49. The van der Waals surface area contributed by atoms with Crippen molar-refractivity contribution in [1.82, 2.24) is 15.1 Å². The SMILES string of the molecule is CN(Cc1cn[nH]c1)C(=O)C1CCCCC1N. The van der Waals surface area contributed by atoms with Crippen LogP contribution in [0.2, 0.25) is 0 Å². The normalized spacial score (nSPS) is 24.6. The van der Waals surface area contributed by atoms with Crippen LogP contribution in [0.4, 0.5) is 0 Å². The van der Waals surface area contributed by atoms with E-state index in [4.69, 9.17) is 5.73 Å². The molecular weight excluding hydrogens is 216 g/mol. The van der Waals surface area contributed by atoms with Crippen molar-refractivity contribution in [2.75, 3.05) is 7.05 Å². The van der Waals surface area contributed by atoms with Gasteiger partial charge in [0.05, 0.1) is 12.1 Å². The van der Waals surface area contributed by atoms with Gasteiger partial charge in [0.2, 0.25) is 5.91 Å². The first-order chi connectivity index (χ1) is 8.18. The molecule has 1 saturated carbocycles. The van der Waals surface area contributed by atoms with E-state index in [0.717, 1.165) is 31.2 Å². The number of nitrogens with zero attached hydrogens (tertiary/aromatic N) is 2. The first-order valence-corrected chi connectivity index (χ1v) is 6.16. The lowest BCUT2D eigenvalue weighted by Gasteiger charge is -2.30. The second kappa shape index (κ2) is 5.31. The molecule has 0 bridgehead atoms. The minimum atomic E-state index is 0.000603. The molecule has 0 aliphatic heterocycles. The first kappa shape index (κ1) is 12.1. The van der Waals surface area contributed by atoms with Gasteiger partial charge >= 0.3 is 0 Å². The zero-order valence-electron chi connectivity index (χ0n) is 10.2. The molecule has 1 aromatic rings. The second-order valence-electron chi connectivity index (χ2n) is 4.86. The Labute approximate surface area is 101 Å². The monoisotopic (exact) mass is 236 g/mol. The van der Waals surface area contributed by atoms with E-state index >= 15 is 0 Å². The van der Waals surface area contributed by atoms with Crippen LogP contribution < -0.4 is 5.73 Å². The molecule has 1 fully saturated rings. The lowest BCUT2D eigenvalue weighted by atomic mass is 9.84. The Morgan fingerprint density at radius 3 is 3.00 bits per heavy atom. The maximum Gasteiger partial charge on any atom is 0.227 e. The number of aromatic amines is 1. The molecule has 94 valence electrons. The molecule has 5 heteroatoms. The molecule has 1 aliphatic rings. The van der Waals surface area contributed by atoms with Gasteiger partial charge in [-0.15, -0.1) is 0 Å². The number of hydrogen-bond acceptors (Lipinski definition) is 3. The van der Waals surface area contributed by atoms with Crippen molar-refractivity contribution < 1.29 is 4.79 Å². The summed E-state index contributed by atoms with van der Waals surface area (Å²) in [5.74, 6) is 0.166. The molecule has 1 heterocycles. The van der Waals surface area contributed by atoms with Gasteiger partial charge in [-0.2, -0.15) is 5.10 Å². The van der Waals surface area contributed by atoms with Crippen LogP contribution in [-0.4, -0.2) is 34.1 Å². The summed E-state index contributed by atoms with van der Waals surface area (Å²) in [5, 5.41) is 6.62. The van der Waals surface area contributed by atoms with Crippen molar-refractivity contribution in [3.8, 4) is 0 Å². The molecule has 1 aliphatic carbocycles. The van der Waals surface area contributed by atoms with Crippen molar-refractivity contribution in [2.45, 2.75) is 38.3 Å². The summed E-state index contributed by atoms with van der Waals surface area (Å²) < 4.78 is 0. The lowest BCUT2D eigenvalue weighted by molar-refractivity contribution is -0.136. The number of carbonyl (C=O) groups is 1. The fourth-order valence-corrected chi connectivity index (χ4v) is 2.47. The Hall–Kier alpha value is -1.36. The zero-order chi connectivity index (χ0) is 12.3. The van der Waals surface area contributed by atoms with E-state index in [0.29, 0.717) is 6.54 Å². The number of H-pyrrole nitrogens is 1. The van der Waals surface area contributed by atoms with E-state index in [1.807, 2.05) is 13.2 Å². The Kier molecular flexibility index (Phi) is 3.78. The van der Waals surface area contributed by atoms with Crippen molar-refractivity contribution in [3.05, 3.63) is 18.0 Å². The third-order valence-corrected chi connectivity index (χ3v) is 3.49. The van der Waals surface area contributed by atoms with Gasteiger partial charge in [-0.1, -0.05) is 12.8 Å². The number of hydrogen-bond donors (Lipinski definition) is 2. The number of carbonyl (C=O) groups excluding carboxylic acids is 1. The number of nitrogens with one attached hydrogen (secondary N) is 1. The van der Waals surface area contributed by atoms with Gasteiger partial charge in [0.15, 0.2) is 0 Å². The Morgan fingerprint density at radius 2 is 2.35 bits per heavy atom. The Balaban J connectivity index is 1.94. The van der Waals surface area contributed by atoms with Crippen LogP contribution in [0.1, 0.15) is 31.2 Å². The quantitative estimate of drug-likeness (QED) is 0.818. The largest absolute Gasteiger partial charge is 0.341 e. The van der Waals surface area contributed by atoms with Crippen LogP contribution in [0.15, 0.2) is 12.4 Å². The minimum Gasteiger partial charge on any atom is -0.341 e. The molecule has 2 rings (SSSR count). The van der Waals surface area contributed by atoms with Crippen LogP contribution in [0.5, 0.6) is 0 Å². The predicted octanol–water partition coefficient (Wildman–Crippen LogP) is 0.886.